The molecule has 2 rings (SSSR count). The van der Waals surface area contributed by atoms with Gasteiger partial charge in [-0.1, -0.05) is 50.1 Å². The molecule has 0 atom stereocenters. The highest BCUT2D eigenvalue weighted by Gasteiger charge is 1.98. The molecular weight excluding hydrogens is 287 g/mol. The fraction of sp³-hybridized carbons (Fsp3) is 0.250. The first-order valence-electron chi connectivity index (χ1n) is 6.84. The Morgan fingerprint density at radius 1 is 0.857 bits per heavy atom. The molecule has 0 heterocycles. The molecule has 0 fully saturated rings. The van der Waals surface area contributed by atoms with E-state index in [0.29, 0.717) is 19.4 Å². The van der Waals surface area contributed by atoms with Gasteiger partial charge in [-0.05, 0) is 42.3 Å². The molecule has 0 N–H and O–H groups in total. The Morgan fingerprint density at radius 2 is 1.48 bits per heavy atom. The topological polar surface area (TPSA) is 72.4 Å². The minimum atomic E-state index is -4.37. The Morgan fingerprint density at radius 3 is 2.10 bits per heavy atom. The first kappa shape index (κ1) is 15.8. The quantitative estimate of drug-likeness (QED) is 0.581. The molecule has 5 heteroatoms. The highest BCUT2D eigenvalue weighted by molar-refractivity contribution is 7.48. The molecule has 0 aliphatic rings. The van der Waals surface area contributed by atoms with Crippen molar-refractivity contribution in [1.29, 1.82) is 0 Å². The fourth-order valence-electron chi connectivity index (χ4n) is 1.97. The van der Waals surface area contributed by atoms with E-state index in [1.807, 2.05) is 54.6 Å². The van der Waals surface area contributed by atoms with Gasteiger partial charge in [-0.3, -0.25) is 0 Å². The Labute approximate surface area is 124 Å². The zero-order valence-corrected chi connectivity index (χ0v) is 12.5. The molecule has 0 amide bonds. The van der Waals surface area contributed by atoms with Crippen LogP contribution in [-0.2, 0) is 4.57 Å². The lowest BCUT2D eigenvalue weighted by molar-refractivity contribution is -0.313. The molecule has 0 aromatic heterocycles. The van der Waals surface area contributed by atoms with Crippen LogP contribution in [0.25, 0.3) is 11.1 Å². The van der Waals surface area contributed by atoms with Crippen LogP contribution < -0.4 is 14.5 Å². The maximum atomic E-state index is 10.5. The van der Waals surface area contributed by atoms with Gasteiger partial charge < -0.3 is 19.1 Å². The molecule has 0 aliphatic carbocycles. The summed E-state index contributed by atoms with van der Waals surface area (Å²) < 4.78 is 16.0. The van der Waals surface area contributed by atoms with Crippen molar-refractivity contribution in [3.05, 3.63) is 54.6 Å². The fourth-order valence-corrected chi connectivity index (χ4v) is 2.58. The molecular formula is C16H17O4P-2. The Balaban J connectivity index is 1.79. The number of hydrogen-bond donors (Lipinski definition) is 0. The molecule has 0 bridgehead atoms. The minimum Gasteiger partial charge on any atom is -0.811 e. The predicted octanol–water partition coefficient (Wildman–Crippen LogP) is 2.43. The van der Waals surface area contributed by atoms with E-state index in [0.717, 1.165) is 16.9 Å². The lowest BCUT2D eigenvalue weighted by Crippen LogP contribution is -2.17. The van der Waals surface area contributed by atoms with Crippen molar-refractivity contribution >= 4 is 7.60 Å². The maximum absolute atomic E-state index is 10.5. The van der Waals surface area contributed by atoms with Crippen molar-refractivity contribution in [1.82, 2.24) is 0 Å². The third kappa shape index (κ3) is 5.72. The average molecular weight is 304 g/mol. The van der Waals surface area contributed by atoms with Gasteiger partial charge in [0.2, 0.25) is 0 Å². The third-order valence-electron chi connectivity index (χ3n) is 3.06. The Kier molecular flexibility index (Phi) is 5.57. The maximum Gasteiger partial charge on any atom is 0.119 e. The molecule has 0 unspecified atom stereocenters. The summed E-state index contributed by atoms with van der Waals surface area (Å²) in [4.78, 5) is 20.9. The molecule has 112 valence electrons. The largest absolute Gasteiger partial charge is 0.811 e. The Hall–Kier alpha value is -1.61. The van der Waals surface area contributed by atoms with Crippen LogP contribution in [0.5, 0.6) is 5.75 Å². The van der Waals surface area contributed by atoms with Gasteiger partial charge in [0.15, 0.2) is 0 Å². The van der Waals surface area contributed by atoms with E-state index in [9.17, 15) is 14.4 Å². The van der Waals surface area contributed by atoms with Gasteiger partial charge in [-0.2, -0.15) is 0 Å². The summed E-state index contributed by atoms with van der Waals surface area (Å²) in [6, 6.07) is 17.8. The summed E-state index contributed by atoms with van der Waals surface area (Å²) in [5, 5.41) is 0. The van der Waals surface area contributed by atoms with Crippen LogP contribution in [0.15, 0.2) is 54.6 Å². The van der Waals surface area contributed by atoms with E-state index < -0.39 is 7.60 Å². The average Bonchev–Trinajstić information content (AvgIpc) is 2.47. The molecule has 21 heavy (non-hydrogen) atoms. The normalized spacial score (nSPS) is 11.3. The van der Waals surface area contributed by atoms with Crippen molar-refractivity contribution in [3.8, 4) is 16.9 Å². The zero-order chi connectivity index (χ0) is 15.1. The second-order valence-corrected chi connectivity index (χ2v) is 6.45. The monoisotopic (exact) mass is 304 g/mol. The third-order valence-corrected chi connectivity index (χ3v) is 3.92. The van der Waals surface area contributed by atoms with Crippen LogP contribution in [-0.4, -0.2) is 12.8 Å². The SMILES string of the molecule is O=P([O-])([O-])CCCCOc1ccc(-c2ccccc2)cc1. The van der Waals surface area contributed by atoms with Crippen LogP contribution in [0.3, 0.4) is 0 Å². The zero-order valence-electron chi connectivity index (χ0n) is 11.6. The molecule has 0 saturated carbocycles. The second-order valence-electron chi connectivity index (χ2n) is 4.78. The van der Waals surface area contributed by atoms with E-state index in [2.05, 4.69) is 0 Å². The molecule has 0 saturated heterocycles. The van der Waals surface area contributed by atoms with Gasteiger partial charge in [0, 0.05) is 0 Å². The van der Waals surface area contributed by atoms with E-state index >= 15 is 0 Å². The number of hydrogen-bond acceptors (Lipinski definition) is 4. The second kappa shape index (κ2) is 7.41. The van der Waals surface area contributed by atoms with Crippen LogP contribution in [0.2, 0.25) is 0 Å². The summed E-state index contributed by atoms with van der Waals surface area (Å²) in [6.07, 6.45) is 0.588. The first-order valence-corrected chi connectivity index (χ1v) is 8.57. The van der Waals surface area contributed by atoms with Gasteiger partial charge in [-0.15, -0.1) is 0 Å². The minimum absolute atomic E-state index is 0.302. The van der Waals surface area contributed by atoms with Crippen molar-refractivity contribution in [2.45, 2.75) is 12.8 Å². The van der Waals surface area contributed by atoms with Gasteiger partial charge in [-0.25, -0.2) is 0 Å². The molecule has 0 spiro atoms. The van der Waals surface area contributed by atoms with Gasteiger partial charge in [0.05, 0.1) is 6.61 Å². The summed E-state index contributed by atoms with van der Waals surface area (Å²) in [6.45, 7) is 0.407. The van der Waals surface area contributed by atoms with Crippen molar-refractivity contribution in [3.63, 3.8) is 0 Å². The molecule has 4 nitrogen and oxygen atoms in total. The van der Waals surface area contributed by atoms with Crippen LogP contribution in [0, 0.1) is 0 Å². The molecule has 0 aliphatic heterocycles. The summed E-state index contributed by atoms with van der Waals surface area (Å²) >= 11 is 0. The smallest absolute Gasteiger partial charge is 0.119 e. The lowest BCUT2D eigenvalue weighted by atomic mass is 10.1. The number of rotatable bonds is 7. The van der Waals surface area contributed by atoms with E-state index in [4.69, 9.17) is 4.74 Å². The van der Waals surface area contributed by atoms with Crippen LogP contribution in [0.1, 0.15) is 12.8 Å². The first-order chi connectivity index (χ1) is 10.0. The van der Waals surface area contributed by atoms with E-state index in [1.54, 1.807) is 0 Å². The number of benzene rings is 2. The molecule has 2 aromatic carbocycles. The molecule has 2 aromatic rings. The Bertz CT molecular complexity index is 589. The summed E-state index contributed by atoms with van der Waals surface area (Å²) in [7, 11) is -4.37. The summed E-state index contributed by atoms with van der Waals surface area (Å²) in [5.74, 6) is 0.738. The lowest BCUT2D eigenvalue weighted by Gasteiger charge is -2.29. The van der Waals surface area contributed by atoms with E-state index in [-0.39, 0.29) is 6.16 Å². The van der Waals surface area contributed by atoms with Crippen molar-refractivity contribution < 1.29 is 19.1 Å². The highest BCUT2D eigenvalue weighted by atomic mass is 31.2. The summed E-state index contributed by atoms with van der Waals surface area (Å²) in [5.41, 5.74) is 2.26. The van der Waals surface area contributed by atoms with Crippen LogP contribution in [0.4, 0.5) is 0 Å². The highest BCUT2D eigenvalue weighted by Crippen LogP contribution is 2.25. The van der Waals surface area contributed by atoms with Crippen LogP contribution >= 0.6 is 7.60 Å². The number of ether oxygens (including phenoxy) is 1. The number of unbranched alkanes of at least 4 members (excludes halogenated alkanes) is 1. The van der Waals surface area contributed by atoms with Gasteiger partial charge in [0.25, 0.3) is 0 Å². The predicted molar refractivity (Wildman–Crippen MR) is 79.1 cm³/mol. The van der Waals surface area contributed by atoms with Gasteiger partial charge >= 0.3 is 0 Å². The molecule has 0 radical (unpaired) electrons. The van der Waals surface area contributed by atoms with E-state index in [1.165, 1.54) is 0 Å². The van der Waals surface area contributed by atoms with Crippen molar-refractivity contribution in [2.24, 2.45) is 0 Å². The van der Waals surface area contributed by atoms with Crippen molar-refractivity contribution in [2.75, 3.05) is 12.8 Å². The standard InChI is InChI=1S/C16H19O4P/c17-21(18,19)13-5-4-12-20-16-10-8-15(9-11-16)14-6-2-1-3-7-14/h1-3,6-11H,4-5,12-13H2,(H2,17,18,19)/p-2. The van der Waals surface area contributed by atoms with Gasteiger partial charge in [0.1, 0.15) is 5.75 Å².